The van der Waals surface area contributed by atoms with Gasteiger partial charge in [0, 0.05) is 92.4 Å². The van der Waals surface area contributed by atoms with Crippen LogP contribution >= 0.6 is 11.3 Å². The maximum atomic E-state index is 14.7. The van der Waals surface area contributed by atoms with E-state index >= 15 is 0 Å². The van der Waals surface area contributed by atoms with Crippen LogP contribution in [0.4, 0.5) is 4.79 Å². The summed E-state index contributed by atoms with van der Waals surface area (Å²) in [5.74, 6) is -1.08. The SMILES string of the molecule is CCn1c(-c2cccnc2[C@H](C)OC)c2c3cc(ccc31)-c1csc(n1)C[C@H](NC(=O)[C@H](C(C)C)N(C)C(=O)N1CC(N(C)C(C)C)C1)C(=O)N1CCC[C@](C=O)(COCC(C)(C)C2)N1. The Morgan fingerprint density at radius 3 is 2.55 bits per heavy atom. The molecule has 3 aliphatic heterocycles. The molecule has 352 valence electrons. The summed E-state index contributed by atoms with van der Waals surface area (Å²) in [5, 5.41) is 8.29. The maximum Gasteiger partial charge on any atom is 0.320 e. The van der Waals surface area contributed by atoms with Crippen molar-refractivity contribution >= 4 is 46.4 Å². The number of rotatable bonds is 11. The average molecular weight is 912 g/mol. The molecule has 1 aromatic carbocycles. The number of nitrogens with one attached hydrogen (secondary N) is 2. The van der Waals surface area contributed by atoms with Gasteiger partial charge >= 0.3 is 6.03 Å². The first-order valence-corrected chi connectivity index (χ1v) is 24.0. The fourth-order valence-electron chi connectivity index (χ4n) is 9.73. The van der Waals surface area contributed by atoms with Gasteiger partial charge in [-0.2, -0.15) is 0 Å². The Labute approximate surface area is 388 Å². The fraction of sp³-hybridized carbons (Fsp3) is 0.592. The van der Waals surface area contributed by atoms with Gasteiger partial charge in [0.25, 0.3) is 5.91 Å². The molecule has 16 heteroatoms. The summed E-state index contributed by atoms with van der Waals surface area (Å²) in [6, 6.07) is 9.03. The van der Waals surface area contributed by atoms with Gasteiger partial charge in [-0.05, 0) is 95.2 Å². The number of hydrogen-bond acceptors (Lipinski definition) is 11. The molecule has 6 heterocycles. The summed E-state index contributed by atoms with van der Waals surface area (Å²) in [6.45, 7) is 19.2. The van der Waals surface area contributed by atoms with Gasteiger partial charge in [0.2, 0.25) is 5.91 Å². The summed E-state index contributed by atoms with van der Waals surface area (Å²) in [7, 11) is 5.42. The lowest BCUT2D eigenvalue weighted by molar-refractivity contribution is -0.147. The van der Waals surface area contributed by atoms with Crippen LogP contribution in [0.2, 0.25) is 0 Å². The van der Waals surface area contributed by atoms with E-state index in [1.54, 1.807) is 19.1 Å². The molecule has 4 amide bonds. The lowest BCUT2D eigenvalue weighted by Gasteiger charge is -2.47. The predicted molar refractivity (Wildman–Crippen MR) is 254 cm³/mol. The molecule has 0 spiro atoms. The molecule has 4 aromatic rings. The van der Waals surface area contributed by atoms with Crippen LogP contribution in [-0.2, 0) is 43.2 Å². The van der Waals surface area contributed by atoms with Crippen LogP contribution in [0, 0.1) is 11.3 Å². The van der Waals surface area contributed by atoms with Gasteiger partial charge in [0.1, 0.15) is 23.9 Å². The van der Waals surface area contributed by atoms with Crippen LogP contribution in [0.15, 0.2) is 41.9 Å². The molecule has 65 heavy (non-hydrogen) atoms. The number of carbonyl (C=O) groups is 4. The number of ether oxygens (including phenoxy) is 2. The van der Waals surface area contributed by atoms with Gasteiger partial charge in [-0.15, -0.1) is 11.3 Å². The summed E-state index contributed by atoms with van der Waals surface area (Å²) < 4.78 is 14.7. The second kappa shape index (κ2) is 19.6. The number of aryl methyl sites for hydroxylation is 1. The highest BCUT2D eigenvalue weighted by Crippen LogP contribution is 2.42. The Balaban J connectivity index is 1.27. The van der Waals surface area contributed by atoms with E-state index in [9.17, 15) is 19.2 Å². The number of aromatic nitrogens is 3. The molecule has 7 rings (SSSR count). The lowest BCUT2D eigenvalue weighted by atomic mass is 9.84. The van der Waals surface area contributed by atoms with Crippen molar-refractivity contribution < 1.29 is 28.7 Å². The Bertz CT molecular complexity index is 2370. The normalized spacial score (nSPS) is 21.6. The second-order valence-electron chi connectivity index (χ2n) is 19.7. The van der Waals surface area contributed by atoms with E-state index in [0.717, 1.165) is 57.5 Å². The molecule has 2 N–H and O–H groups in total. The average Bonchev–Trinajstić information content (AvgIpc) is 3.86. The van der Waals surface area contributed by atoms with E-state index in [0.29, 0.717) is 56.6 Å². The predicted octanol–water partition coefficient (Wildman–Crippen LogP) is 6.35. The number of hydrazine groups is 1. The number of benzene rings is 1. The molecule has 0 radical (unpaired) electrons. The third-order valence-electron chi connectivity index (χ3n) is 13.7. The number of nitrogens with zero attached hydrogens (tertiary/aromatic N) is 7. The Morgan fingerprint density at radius 2 is 1.88 bits per heavy atom. The van der Waals surface area contributed by atoms with Gasteiger partial charge in [0.15, 0.2) is 0 Å². The van der Waals surface area contributed by atoms with Gasteiger partial charge in [0.05, 0.1) is 41.4 Å². The standard InChI is InChI=1S/C49H69N9O6S/c1-12-57-40-17-16-33-21-36(40)37(44(57)35-15-13-19-50-42(35)32(6)63-11)23-48(7,8)28-64-29-49(27-59)18-14-20-58(53-49)46(61)38(22-41-51-39(33)26-65-41)52-45(60)43(30(2)3)55(10)47(62)56-24-34(25-56)54(9)31(4)5/h13,15-17,19,21,26-27,30-32,34,38,43,53H,12,14,18,20,22-25,28-29H2,1-11H3,(H,52,60)/t32-,38-,43-,49-/m0/s1. The molecule has 2 saturated heterocycles. The fourth-order valence-corrected chi connectivity index (χ4v) is 10.6. The molecule has 2 fully saturated rings. The minimum absolute atomic E-state index is 0.0506. The first kappa shape index (κ1) is 48.2. The highest BCUT2D eigenvalue weighted by Gasteiger charge is 2.43. The molecule has 0 saturated carbocycles. The van der Waals surface area contributed by atoms with Crippen LogP contribution in [0.5, 0.6) is 0 Å². The third kappa shape index (κ3) is 9.88. The van der Waals surface area contributed by atoms with Crippen molar-refractivity contribution in [2.75, 3.05) is 54.1 Å². The van der Waals surface area contributed by atoms with Crippen LogP contribution in [0.25, 0.3) is 33.4 Å². The maximum absolute atomic E-state index is 14.7. The van der Waals surface area contributed by atoms with E-state index in [2.05, 4.69) is 86.1 Å². The zero-order valence-corrected chi connectivity index (χ0v) is 41.0. The van der Waals surface area contributed by atoms with E-state index in [4.69, 9.17) is 19.4 Å². The summed E-state index contributed by atoms with van der Waals surface area (Å²) in [6.07, 6.45) is 4.21. The van der Waals surface area contributed by atoms with Crippen molar-refractivity contribution in [3.05, 3.63) is 58.2 Å². The Hall–Kier alpha value is -4.74. The lowest BCUT2D eigenvalue weighted by Crippen LogP contribution is -2.67. The van der Waals surface area contributed by atoms with Gasteiger partial charge < -0.3 is 34.0 Å². The number of thiazole rings is 1. The number of aldehydes is 1. The molecule has 3 aromatic heterocycles. The summed E-state index contributed by atoms with van der Waals surface area (Å²) in [5.41, 5.74) is 8.59. The molecule has 0 aliphatic carbocycles. The molecule has 15 nitrogen and oxygen atoms in total. The van der Waals surface area contributed by atoms with Crippen LogP contribution in [-0.4, -0.2) is 142 Å². The van der Waals surface area contributed by atoms with Crippen molar-refractivity contribution in [1.82, 2.24) is 45.0 Å². The van der Waals surface area contributed by atoms with Gasteiger partial charge in [-0.1, -0.05) is 33.8 Å². The number of hydrogen-bond donors (Lipinski definition) is 2. The molecule has 6 bridgehead atoms. The van der Waals surface area contributed by atoms with Crippen LogP contribution in [0.3, 0.4) is 0 Å². The van der Waals surface area contributed by atoms with E-state index in [-0.39, 0.29) is 42.5 Å². The van der Waals surface area contributed by atoms with E-state index in [1.807, 2.05) is 38.4 Å². The number of fused-ring (bicyclic) bond motifs is 6. The molecule has 3 aliphatic rings. The number of likely N-dealkylation sites (N-methyl/N-ethyl adjacent to an activating group) is 2. The van der Waals surface area contributed by atoms with Crippen LogP contribution in [0.1, 0.15) is 90.6 Å². The minimum atomic E-state index is -1.16. The summed E-state index contributed by atoms with van der Waals surface area (Å²) in [4.78, 5) is 71.6. The van der Waals surface area contributed by atoms with Crippen LogP contribution < -0.4 is 10.7 Å². The molecule has 4 atom stereocenters. The topological polar surface area (TPSA) is 154 Å². The Morgan fingerprint density at radius 1 is 1.12 bits per heavy atom. The molecule has 0 unspecified atom stereocenters. The second-order valence-corrected chi connectivity index (χ2v) is 20.7. The largest absolute Gasteiger partial charge is 0.378 e. The van der Waals surface area contributed by atoms with Crippen molar-refractivity contribution in [3.63, 3.8) is 0 Å². The first-order chi connectivity index (χ1) is 30.9. The zero-order chi connectivity index (χ0) is 47.0. The van der Waals surface area contributed by atoms with E-state index in [1.165, 1.54) is 21.2 Å². The summed E-state index contributed by atoms with van der Waals surface area (Å²) >= 11 is 1.43. The van der Waals surface area contributed by atoms with Crippen molar-refractivity contribution in [2.45, 2.75) is 123 Å². The smallest absolute Gasteiger partial charge is 0.320 e. The number of likely N-dealkylation sites (tertiary alicyclic amines) is 1. The number of pyridine rings is 1. The first-order valence-electron chi connectivity index (χ1n) is 23.2. The van der Waals surface area contributed by atoms with Crippen molar-refractivity contribution in [1.29, 1.82) is 0 Å². The Kier molecular flexibility index (Phi) is 14.5. The number of urea groups is 1. The molecular weight excluding hydrogens is 843 g/mol. The molecular formula is C49H69N9O6S. The van der Waals surface area contributed by atoms with Gasteiger partial charge in [-0.3, -0.25) is 24.5 Å². The highest BCUT2D eigenvalue weighted by molar-refractivity contribution is 7.10. The van der Waals surface area contributed by atoms with E-state index < -0.39 is 29.4 Å². The van der Waals surface area contributed by atoms with Crippen molar-refractivity contribution in [3.8, 4) is 22.5 Å². The zero-order valence-electron chi connectivity index (χ0n) is 40.1. The number of amides is 4. The monoisotopic (exact) mass is 912 g/mol. The van der Waals surface area contributed by atoms with Gasteiger partial charge in [-0.25, -0.2) is 15.2 Å². The van der Waals surface area contributed by atoms with Crippen molar-refractivity contribution in [2.24, 2.45) is 11.3 Å². The number of carbonyl (C=O) groups excluding carboxylic acids is 4. The minimum Gasteiger partial charge on any atom is -0.378 e. The highest BCUT2D eigenvalue weighted by atomic mass is 32.1. The quantitative estimate of drug-likeness (QED) is 0.163. The third-order valence-corrected chi connectivity index (χ3v) is 14.5. The number of methoxy groups -OCH3 is 1.